The minimum absolute atomic E-state index is 0.556. The Morgan fingerprint density at radius 2 is 1.28 bits per heavy atom. The van der Waals surface area contributed by atoms with E-state index in [0.717, 1.165) is 11.4 Å². The number of nitrogens with zero attached hydrogens (tertiary/aromatic N) is 2. The number of amidine groups is 1. The van der Waals surface area contributed by atoms with Gasteiger partial charge in [0.1, 0.15) is 0 Å². The molecule has 0 heterocycles. The molecule has 1 saturated carbocycles. The van der Waals surface area contributed by atoms with Crippen molar-refractivity contribution in [2.45, 2.75) is 71.4 Å². The molecule has 0 N–H and O–H groups in total. The van der Waals surface area contributed by atoms with E-state index in [1.54, 1.807) is 0 Å². The summed E-state index contributed by atoms with van der Waals surface area (Å²) in [6.45, 7) is 13.5. The standard InChI is InChI=1S/C13H23N2Si2.C5H10.2ClH.Ti/c1-16(2,3)14-13(15-17(4,5)6)12-10-8-7-9-11-12;1-2-4-5-3-1;;;/h7-11H,1-6H3;1-5H2;2*1H;/q-1;;;;+2/p-2. The van der Waals surface area contributed by atoms with Crippen LogP contribution in [0.5, 0.6) is 0 Å². The summed E-state index contributed by atoms with van der Waals surface area (Å²) in [5.74, 6) is 0.962. The predicted octanol–water partition coefficient (Wildman–Crippen LogP) is 7.80. The van der Waals surface area contributed by atoms with Crippen LogP contribution in [0.15, 0.2) is 35.0 Å². The minimum atomic E-state index is -1.49. The van der Waals surface area contributed by atoms with Crippen LogP contribution in [0.4, 0.5) is 0 Å². The summed E-state index contributed by atoms with van der Waals surface area (Å²) in [6, 6.07) is 10.3. The quantitative estimate of drug-likeness (QED) is 0.254. The predicted molar refractivity (Wildman–Crippen MR) is 118 cm³/mol. The van der Waals surface area contributed by atoms with E-state index in [9.17, 15) is 0 Å². The van der Waals surface area contributed by atoms with Crippen LogP contribution in [0, 0.1) is 0 Å². The molecule has 1 fully saturated rings. The van der Waals surface area contributed by atoms with E-state index in [2.05, 4.69) is 63.5 Å². The molecule has 0 saturated heterocycles. The number of benzene rings is 1. The fraction of sp³-hybridized carbons (Fsp3) is 0.611. The van der Waals surface area contributed by atoms with Crippen molar-refractivity contribution in [3.63, 3.8) is 0 Å². The first-order valence-corrected chi connectivity index (χ1v) is 20.1. The zero-order valence-electron chi connectivity index (χ0n) is 16.6. The van der Waals surface area contributed by atoms with Crippen molar-refractivity contribution < 1.29 is 17.0 Å². The van der Waals surface area contributed by atoms with Gasteiger partial charge >= 0.3 is 35.6 Å². The number of hydrogen-bond donors (Lipinski definition) is 0. The number of hydrogen-bond acceptors (Lipinski definition) is 1. The Morgan fingerprint density at radius 1 is 0.880 bits per heavy atom. The Hall–Kier alpha value is 0.418. The van der Waals surface area contributed by atoms with Crippen LogP contribution in [0.3, 0.4) is 0 Å². The molecule has 0 amide bonds. The molecule has 1 aliphatic carbocycles. The molecular formula is C18H33Cl2N2Si2Ti-. The van der Waals surface area contributed by atoms with E-state index in [0.29, 0.717) is 0 Å². The van der Waals surface area contributed by atoms with Gasteiger partial charge in [0.05, 0.1) is 0 Å². The van der Waals surface area contributed by atoms with E-state index in [-0.39, 0.29) is 0 Å². The van der Waals surface area contributed by atoms with Crippen LogP contribution in [0.25, 0.3) is 4.98 Å². The van der Waals surface area contributed by atoms with Gasteiger partial charge in [0.15, 0.2) is 0 Å². The Labute approximate surface area is 174 Å². The van der Waals surface area contributed by atoms with Gasteiger partial charge in [-0.05, 0) is 5.56 Å². The maximum absolute atomic E-state index is 4.89. The van der Waals surface area contributed by atoms with E-state index in [1.807, 2.05) is 6.07 Å². The van der Waals surface area contributed by atoms with Crippen LogP contribution in [0.2, 0.25) is 39.3 Å². The third-order valence-corrected chi connectivity index (χ3v) is 4.93. The molecule has 1 aromatic rings. The first-order valence-electron chi connectivity index (χ1n) is 8.93. The summed E-state index contributed by atoms with van der Waals surface area (Å²) in [7, 11) is 6.80. The topological polar surface area (TPSA) is 26.5 Å². The molecule has 0 spiro atoms. The summed E-state index contributed by atoms with van der Waals surface area (Å²) < 4.78 is 4.89. The van der Waals surface area contributed by atoms with Crippen molar-refractivity contribution in [2.24, 2.45) is 4.66 Å². The molecule has 142 valence electrons. The summed E-state index contributed by atoms with van der Waals surface area (Å²) in [6.07, 6.45) is 7.50. The third-order valence-electron chi connectivity index (χ3n) is 3.16. The molecule has 25 heavy (non-hydrogen) atoms. The number of halogens is 2. The summed E-state index contributed by atoms with van der Waals surface area (Å²) in [4.78, 5) is 4.89. The average Bonchev–Trinajstić information content (AvgIpc) is 3.05. The molecule has 0 aromatic heterocycles. The molecular weight excluding hydrogens is 419 g/mol. The van der Waals surface area contributed by atoms with Gasteiger partial charge in [-0.1, -0.05) is 108 Å². The van der Waals surface area contributed by atoms with E-state index >= 15 is 0 Å². The first kappa shape index (κ1) is 25.4. The molecule has 7 heteroatoms. The first-order chi connectivity index (χ1) is 11.6. The van der Waals surface area contributed by atoms with Crippen LogP contribution in [-0.4, -0.2) is 22.3 Å². The molecule has 1 aliphatic rings. The molecule has 1 aromatic carbocycles. The van der Waals surface area contributed by atoms with Crippen molar-refractivity contribution >= 4 is 40.9 Å². The van der Waals surface area contributed by atoms with E-state index in [4.69, 9.17) is 28.3 Å². The van der Waals surface area contributed by atoms with Gasteiger partial charge in [-0.15, -0.1) is 0 Å². The van der Waals surface area contributed by atoms with Crippen molar-refractivity contribution in [1.29, 1.82) is 0 Å². The maximum atomic E-state index is 4.89. The Bertz CT molecular complexity index is 474. The summed E-state index contributed by atoms with van der Waals surface area (Å²) in [5.41, 5.74) is 1.15. The summed E-state index contributed by atoms with van der Waals surface area (Å²) >= 11 is -0.556. The van der Waals surface area contributed by atoms with Crippen molar-refractivity contribution in [3.05, 3.63) is 40.9 Å². The van der Waals surface area contributed by atoms with Gasteiger partial charge < -0.3 is 9.64 Å². The van der Waals surface area contributed by atoms with Crippen LogP contribution >= 0.6 is 18.6 Å². The molecule has 0 bridgehead atoms. The molecule has 0 aliphatic heterocycles. The van der Waals surface area contributed by atoms with Gasteiger partial charge in [0.2, 0.25) is 0 Å². The zero-order valence-corrected chi connectivity index (χ0v) is 21.6. The van der Waals surface area contributed by atoms with Gasteiger partial charge in [-0.25, -0.2) is 0 Å². The SMILES string of the molecule is C1CCCC1.C[Si](C)(C)/N=C(/[N-][Si](C)(C)C)c1ccccc1.[Cl][Ti][Cl]. The van der Waals surface area contributed by atoms with Crippen LogP contribution in [-0.2, 0) is 17.0 Å². The van der Waals surface area contributed by atoms with Crippen LogP contribution in [0.1, 0.15) is 37.7 Å². The molecule has 0 radical (unpaired) electrons. The third kappa shape index (κ3) is 16.3. The Kier molecular flexibility index (Phi) is 13.8. The van der Waals surface area contributed by atoms with Crippen molar-refractivity contribution in [2.75, 3.05) is 0 Å². The fourth-order valence-electron chi connectivity index (χ4n) is 2.26. The zero-order chi connectivity index (χ0) is 19.3. The Morgan fingerprint density at radius 3 is 1.60 bits per heavy atom. The van der Waals surface area contributed by atoms with Gasteiger partial charge in [-0.3, -0.25) is 0 Å². The molecule has 0 atom stereocenters. The van der Waals surface area contributed by atoms with Crippen molar-refractivity contribution in [3.8, 4) is 0 Å². The van der Waals surface area contributed by atoms with E-state index in [1.165, 1.54) is 32.1 Å². The average molecular weight is 452 g/mol. The molecule has 0 unspecified atom stereocenters. The summed E-state index contributed by atoms with van der Waals surface area (Å²) in [5, 5.41) is 0. The monoisotopic (exact) mass is 451 g/mol. The fourth-order valence-corrected chi connectivity index (χ4v) is 3.99. The Balaban J connectivity index is 0.000000592. The number of rotatable bonds is 3. The van der Waals surface area contributed by atoms with Gasteiger partial charge in [-0.2, -0.15) is 0 Å². The van der Waals surface area contributed by atoms with E-state index < -0.39 is 33.5 Å². The second-order valence-corrected chi connectivity index (χ2v) is 19.8. The van der Waals surface area contributed by atoms with Gasteiger partial charge in [0.25, 0.3) is 0 Å². The molecule has 2 rings (SSSR count). The van der Waals surface area contributed by atoms with Gasteiger partial charge in [0, 0.05) is 16.5 Å². The van der Waals surface area contributed by atoms with Crippen LogP contribution < -0.4 is 0 Å². The second-order valence-electron chi connectivity index (χ2n) is 8.09. The molecule has 2 nitrogen and oxygen atoms in total. The second kappa shape index (κ2) is 13.6. The van der Waals surface area contributed by atoms with Crippen molar-refractivity contribution in [1.82, 2.24) is 0 Å². The normalized spacial score (nSPS) is 14.6.